The molecule has 17 heavy (non-hydrogen) atoms. The molecule has 0 bridgehead atoms. The summed E-state index contributed by atoms with van der Waals surface area (Å²) in [6.07, 6.45) is 2.87. The predicted octanol–water partition coefficient (Wildman–Crippen LogP) is 1.15. The lowest BCUT2D eigenvalue weighted by atomic mass is 9.84. The first-order valence-electron chi connectivity index (χ1n) is 6.27. The normalized spacial score (nSPS) is 35.9. The molecule has 0 aromatic carbocycles. The van der Waals surface area contributed by atoms with Gasteiger partial charge in [0, 0.05) is 26.1 Å². The Kier molecular flexibility index (Phi) is 3.95. The Hall–Kier alpha value is -0.320. The van der Waals surface area contributed by atoms with Crippen LogP contribution >= 0.6 is 11.6 Å². The average molecular weight is 262 g/mol. The standard InChI is InChI=1S/C12H20ClNO3/c1-9(13)11(16)14-5-2-4-12(8-14)7-10(15)3-6-17-12/h9-10,15H,2-8H2,1H3/t9-,10+,12+/m0/s1. The van der Waals surface area contributed by atoms with Crippen molar-refractivity contribution < 1.29 is 14.6 Å². The second kappa shape index (κ2) is 5.12. The summed E-state index contributed by atoms with van der Waals surface area (Å²) < 4.78 is 5.84. The summed E-state index contributed by atoms with van der Waals surface area (Å²) >= 11 is 5.84. The van der Waals surface area contributed by atoms with Crippen LogP contribution in [-0.4, -0.2) is 52.7 Å². The van der Waals surface area contributed by atoms with Crippen molar-refractivity contribution in [3.05, 3.63) is 0 Å². The van der Waals surface area contributed by atoms with Gasteiger partial charge >= 0.3 is 0 Å². The zero-order valence-electron chi connectivity index (χ0n) is 10.2. The Bertz CT molecular complexity index is 293. The molecule has 98 valence electrons. The molecule has 0 saturated carbocycles. The van der Waals surface area contributed by atoms with Crippen LogP contribution in [0, 0.1) is 0 Å². The van der Waals surface area contributed by atoms with Crippen LogP contribution < -0.4 is 0 Å². The molecule has 0 aliphatic carbocycles. The minimum atomic E-state index is -0.487. The van der Waals surface area contributed by atoms with Crippen molar-refractivity contribution in [2.24, 2.45) is 0 Å². The molecule has 1 amide bonds. The van der Waals surface area contributed by atoms with Gasteiger partial charge in [0.05, 0.1) is 11.7 Å². The van der Waals surface area contributed by atoms with E-state index < -0.39 is 5.38 Å². The molecule has 0 aromatic heterocycles. The highest BCUT2D eigenvalue weighted by atomic mass is 35.5. The zero-order valence-corrected chi connectivity index (χ0v) is 10.9. The minimum Gasteiger partial charge on any atom is -0.393 e. The number of aliphatic hydroxyl groups excluding tert-OH is 1. The van der Waals surface area contributed by atoms with Crippen LogP contribution in [0.3, 0.4) is 0 Å². The molecule has 2 heterocycles. The molecule has 0 unspecified atom stereocenters. The Balaban J connectivity index is 2.03. The molecule has 0 radical (unpaired) electrons. The number of aliphatic hydroxyl groups is 1. The molecule has 5 heteroatoms. The van der Waals surface area contributed by atoms with Crippen LogP contribution in [0.2, 0.25) is 0 Å². The van der Waals surface area contributed by atoms with E-state index in [0.717, 1.165) is 19.4 Å². The fourth-order valence-corrected chi connectivity index (χ4v) is 2.96. The molecule has 3 atom stereocenters. The Morgan fingerprint density at radius 3 is 3.06 bits per heavy atom. The highest BCUT2D eigenvalue weighted by molar-refractivity contribution is 6.30. The summed E-state index contributed by atoms with van der Waals surface area (Å²) in [7, 11) is 0. The number of carbonyl (C=O) groups excluding carboxylic acids is 1. The first-order valence-corrected chi connectivity index (χ1v) is 6.71. The SMILES string of the molecule is C[C@H](Cl)C(=O)N1CCC[C@@]2(C[C@H](O)CCO2)C1. The monoisotopic (exact) mass is 261 g/mol. The van der Waals surface area contributed by atoms with E-state index in [1.807, 2.05) is 0 Å². The number of likely N-dealkylation sites (tertiary alicyclic amines) is 1. The number of ether oxygens (including phenoxy) is 1. The van der Waals surface area contributed by atoms with Crippen molar-refractivity contribution in [2.75, 3.05) is 19.7 Å². The summed E-state index contributed by atoms with van der Waals surface area (Å²) in [6, 6.07) is 0. The van der Waals surface area contributed by atoms with E-state index in [1.165, 1.54) is 0 Å². The first kappa shape index (κ1) is 13.1. The summed E-state index contributed by atoms with van der Waals surface area (Å²) in [4.78, 5) is 13.7. The highest BCUT2D eigenvalue weighted by Gasteiger charge is 2.42. The van der Waals surface area contributed by atoms with Crippen molar-refractivity contribution in [1.82, 2.24) is 4.90 Å². The summed E-state index contributed by atoms with van der Waals surface area (Å²) in [5, 5.41) is 9.26. The lowest BCUT2D eigenvalue weighted by Gasteiger charge is -2.46. The van der Waals surface area contributed by atoms with Crippen LogP contribution in [0.1, 0.15) is 32.6 Å². The largest absolute Gasteiger partial charge is 0.393 e. The molecule has 1 spiro atoms. The second-order valence-corrected chi connectivity index (χ2v) is 5.81. The maximum Gasteiger partial charge on any atom is 0.240 e. The number of hydrogen-bond donors (Lipinski definition) is 1. The van der Waals surface area contributed by atoms with Crippen LogP contribution in [0.5, 0.6) is 0 Å². The number of rotatable bonds is 1. The lowest BCUT2D eigenvalue weighted by molar-refractivity contribution is -0.160. The number of hydrogen-bond acceptors (Lipinski definition) is 3. The topological polar surface area (TPSA) is 49.8 Å². The highest BCUT2D eigenvalue weighted by Crippen LogP contribution is 2.34. The van der Waals surface area contributed by atoms with Gasteiger partial charge in [-0.15, -0.1) is 11.6 Å². The van der Waals surface area contributed by atoms with E-state index in [4.69, 9.17) is 16.3 Å². The van der Waals surface area contributed by atoms with Crippen molar-refractivity contribution in [1.29, 1.82) is 0 Å². The van der Waals surface area contributed by atoms with Crippen molar-refractivity contribution in [2.45, 2.75) is 49.7 Å². The summed E-state index contributed by atoms with van der Waals surface area (Å²) in [5.41, 5.74) is -0.336. The molecule has 2 aliphatic heterocycles. The average Bonchev–Trinajstić information content (AvgIpc) is 2.27. The van der Waals surface area contributed by atoms with E-state index in [2.05, 4.69) is 0 Å². The molecule has 1 N–H and O–H groups in total. The second-order valence-electron chi connectivity index (χ2n) is 5.16. The third kappa shape index (κ3) is 2.92. The summed E-state index contributed by atoms with van der Waals surface area (Å²) in [6.45, 7) is 3.60. The van der Waals surface area contributed by atoms with Gasteiger partial charge in [-0.05, 0) is 26.2 Å². The van der Waals surface area contributed by atoms with Gasteiger partial charge in [-0.25, -0.2) is 0 Å². The van der Waals surface area contributed by atoms with E-state index >= 15 is 0 Å². The van der Waals surface area contributed by atoms with Gasteiger partial charge in [0.2, 0.25) is 5.91 Å². The number of piperidine rings is 1. The van der Waals surface area contributed by atoms with Gasteiger partial charge in [-0.3, -0.25) is 4.79 Å². The van der Waals surface area contributed by atoms with Gasteiger partial charge < -0.3 is 14.7 Å². The zero-order chi connectivity index (χ0) is 12.5. The fourth-order valence-electron chi connectivity index (χ4n) is 2.82. The number of amides is 1. The van der Waals surface area contributed by atoms with Gasteiger partial charge in [0.15, 0.2) is 0 Å². The predicted molar refractivity (Wildman–Crippen MR) is 65.1 cm³/mol. The van der Waals surface area contributed by atoms with Crippen LogP contribution in [0.4, 0.5) is 0 Å². The van der Waals surface area contributed by atoms with Crippen molar-refractivity contribution in [3.63, 3.8) is 0 Å². The van der Waals surface area contributed by atoms with E-state index in [-0.39, 0.29) is 17.6 Å². The van der Waals surface area contributed by atoms with Gasteiger partial charge in [-0.1, -0.05) is 0 Å². The molecule has 0 aromatic rings. The Morgan fingerprint density at radius 2 is 2.41 bits per heavy atom. The number of carbonyl (C=O) groups is 1. The first-order chi connectivity index (χ1) is 8.02. The van der Waals surface area contributed by atoms with Crippen molar-refractivity contribution in [3.8, 4) is 0 Å². The number of halogens is 1. The van der Waals surface area contributed by atoms with Gasteiger partial charge in [0.25, 0.3) is 0 Å². The quantitative estimate of drug-likeness (QED) is 0.721. The Morgan fingerprint density at radius 1 is 1.65 bits per heavy atom. The van der Waals surface area contributed by atoms with E-state index in [1.54, 1.807) is 11.8 Å². The summed E-state index contributed by atoms with van der Waals surface area (Å²) in [5.74, 6) is -0.0330. The molecule has 2 aliphatic rings. The van der Waals surface area contributed by atoms with Crippen LogP contribution in [0.15, 0.2) is 0 Å². The molecular formula is C12H20ClNO3. The minimum absolute atomic E-state index is 0.0330. The smallest absolute Gasteiger partial charge is 0.240 e. The number of alkyl halides is 1. The van der Waals surface area contributed by atoms with E-state index in [9.17, 15) is 9.90 Å². The molecule has 2 rings (SSSR count). The molecular weight excluding hydrogens is 242 g/mol. The molecule has 4 nitrogen and oxygen atoms in total. The Labute approximate surface area is 107 Å². The van der Waals surface area contributed by atoms with Gasteiger partial charge in [0.1, 0.15) is 5.38 Å². The maximum absolute atomic E-state index is 11.9. The van der Waals surface area contributed by atoms with Crippen molar-refractivity contribution >= 4 is 17.5 Å². The molecule has 2 fully saturated rings. The third-order valence-corrected chi connectivity index (χ3v) is 3.85. The van der Waals surface area contributed by atoms with E-state index in [0.29, 0.717) is 26.0 Å². The molecule has 2 saturated heterocycles. The van der Waals surface area contributed by atoms with Crippen LogP contribution in [0.25, 0.3) is 0 Å². The van der Waals surface area contributed by atoms with Crippen LogP contribution in [-0.2, 0) is 9.53 Å². The van der Waals surface area contributed by atoms with Gasteiger partial charge in [-0.2, -0.15) is 0 Å². The fraction of sp³-hybridized carbons (Fsp3) is 0.917. The number of nitrogens with zero attached hydrogens (tertiary/aromatic N) is 1. The third-order valence-electron chi connectivity index (χ3n) is 3.66. The maximum atomic E-state index is 11.9. The lowest BCUT2D eigenvalue weighted by Crippen LogP contribution is -2.56.